The molecule has 0 amide bonds. The minimum Gasteiger partial charge on any atom is -0.462 e. The minimum absolute atomic E-state index is 0.00842. The monoisotopic (exact) mass is 334 g/mol. The molecule has 0 aliphatic heterocycles. The third-order valence-corrected chi connectivity index (χ3v) is 3.54. The first-order chi connectivity index (χ1) is 11.0. The number of benzene rings is 2. The molecular weight excluding hydrogens is 319 g/mol. The normalized spacial score (nSPS) is 10.4. The molecule has 5 heteroatoms. The standard InChI is InChI=1S/C18H16ClFO3/c1-2-23-18(22)14-6-3-12(4-7-14)9-15(21)10-13-5-8-17(20)16(19)11-13/h3-8,11H,2,9-10H2,1H3. The Bertz CT molecular complexity index is 711. The summed E-state index contributed by atoms with van der Waals surface area (Å²) < 4.78 is 18.0. The number of ketones is 1. The van der Waals surface area contributed by atoms with Gasteiger partial charge in [-0.2, -0.15) is 0 Å². The van der Waals surface area contributed by atoms with Gasteiger partial charge in [-0.05, 0) is 42.3 Å². The molecule has 0 saturated heterocycles. The quantitative estimate of drug-likeness (QED) is 0.750. The Hall–Kier alpha value is -2.20. The van der Waals surface area contributed by atoms with Crippen LogP contribution in [-0.4, -0.2) is 18.4 Å². The lowest BCUT2D eigenvalue weighted by Gasteiger charge is -2.05. The number of Topliss-reactive ketones (excluding diaryl/α,β-unsaturated/α-hetero) is 1. The van der Waals surface area contributed by atoms with Crippen LogP contribution >= 0.6 is 11.6 Å². The molecule has 0 aromatic heterocycles. The maximum absolute atomic E-state index is 13.1. The molecule has 0 aliphatic carbocycles. The zero-order valence-corrected chi connectivity index (χ0v) is 13.4. The van der Waals surface area contributed by atoms with Crippen LogP contribution in [0.4, 0.5) is 4.39 Å². The SMILES string of the molecule is CCOC(=O)c1ccc(CC(=O)Cc2ccc(F)c(Cl)c2)cc1. The highest BCUT2D eigenvalue weighted by Gasteiger charge is 2.09. The lowest BCUT2D eigenvalue weighted by molar-refractivity contribution is -0.117. The Morgan fingerprint density at radius 1 is 1.04 bits per heavy atom. The third-order valence-electron chi connectivity index (χ3n) is 3.25. The zero-order chi connectivity index (χ0) is 16.8. The maximum Gasteiger partial charge on any atom is 0.338 e. The van der Waals surface area contributed by atoms with Gasteiger partial charge in [-0.25, -0.2) is 9.18 Å². The Morgan fingerprint density at radius 2 is 1.65 bits per heavy atom. The van der Waals surface area contributed by atoms with Gasteiger partial charge in [-0.15, -0.1) is 0 Å². The summed E-state index contributed by atoms with van der Waals surface area (Å²) in [6, 6.07) is 11.0. The fourth-order valence-corrected chi connectivity index (χ4v) is 2.34. The lowest BCUT2D eigenvalue weighted by Crippen LogP contribution is -2.08. The molecule has 0 atom stereocenters. The van der Waals surface area contributed by atoms with Gasteiger partial charge in [0.2, 0.25) is 0 Å². The fraction of sp³-hybridized carbons (Fsp3) is 0.222. The summed E-state index contributed by atoms with van der Waals surface area (Å²) in [5.41, 5.74) is 1.93. The van der Waals surface area contributed by atoms with E-state index in [-0.39, 0.29) is 29.6 Å². The zero-order valence-electron chi connectivity index (χ0n) is 12.6. The molecule has 0 N–H and O–H groups in total. The van der Waals surface area contributed by atoms with Crippen molar-refractivity contribution in [2.45, 2.75) is 19.8 Å². The molecule has 0 radical (unpaired) electrons. The van der Waals surface area contributed by atoms with Crippen LogP contribution in [0.2, 0.25) is 5.02 Å². The molecule has 2 aromatic rings. The summed E-state index contributed by atoms with van der Waals surface area (Å²) in [6.07, 6.45) is 0.414. The minimum atomic E-state index is -0.502. The van der Waals surface area contributed by atoms with E-state index in [1.54, 1.807) is 37.3 Å². The van der Waals surface area contributed by atoms with Gasteiger partial charge in [0.05, 0.1) is 17.2 Å². The van der Waals surface area contributed by atoms with Crippen molar-refractivity contribution in [1.82, 2.24) is 0 Å². The van der Waals surface area contributed by atoms with Gasteiger partial charge in [-0.3, -0.25) is 4.79 Å². The van der Waals surface area contributed by atoms with Gasteiger partial charge in [0, 0.05) is 12.8 Å². The van der Waals surface area contributed by atoms with Crippen molar-refractivity contribution in [2.75, 3.05) is 6.61 Å². The van der Waals surface area contributed by atoms with Gasteiger partial charge in [0.15, 0.2) is 0 Å². The second kappa shape index (κ2) is 7.88. The number of hydrogen-bond donors (Lipinski definition) is 0. The van der Waals surface area contributed by atoms with E-state index in [9.17, 15) is 14.0 Å². The first-order valence-electron chi connectivity index (χ1n) is 7.21. The second-order valence-corrected chi connectivity index (χ2v) is 5.47. The molecule has 120 valence electrons. The van der Waals surface area contributed by atoms with Crippen LogP contribution in [0.1, 0.15) is 28.4 Å². The molecule has 2 rings (SSSR count). The van der Waals surface area contributed by atoms with E-state index in [1.807, 2.05) is 0 Å². The summed E-state index contributed by atoms with van der Waals surface area (Å²) in [5, 5.41) is 0.00842. The Morgan fingerprint density at radius 3 is 2.26 bits per heavy atom. The first-order valence-corrected chi connectivity index (χ1v) is 7.59. The van der Waals surface area contributed by atoms with Crippen molar-refractivity contribution in [3.8, 4) is 0 Å². The molecule has 0 spiro atoms. The lowest BCUT2D eigenvalue weighted by atomic mass is 10.0. The molecule has 0 saturated carbocycles. The highest BCUT2D eigenvalue weighted by Crippen LogP contribution is 2.17. The molecule has 23 heavy (non-hydrogen) atoms. The smallest absolute Gasteiger partial charge is 0.338 e. The van der Waals surface area contributed by atoms with Crippen molar-refractivity contribution < 1.29 is 18.7 Å². The van der Waals surface area contributed by atoms with Crippen LogP contribution in [0, 0.1) is 5.82 Å². The Labute approximate surface area is 139 Å². The molecule has 0 bridgehead atoms. The highest BCUT2D eigenvalue weighted by molar-refractivity contribution is 6.30. The van der Waals surface area contributed by atoms with E-state index < -0.39 is 5.82 Å². The second-order valence-electron chi connectivity index (χ2n) is 5.06. The Kier molecular flexibility index (Phi) is 5.88. The number of ether oxygens (including phenoxy) is 1. The first kappa shape index (κ1) is 17.2. The van der Waals surface area contributed by atoms with Crippen molar-refractivity contribution in [2.24, 2.45) is 0 Å². The number of carbonyl (C=O) groups is 2. The molecule has 2 aromatic carbocycles. The maximum atomic E-state index is 13.1. The number of rotatable bonds is 6. The molecule has 0 heterocycles. The van der Waals surface area contributed by atoms with Crippen molar-refractivity contribution in [3.05, 3.63) is 70.0 Å². The molecule has 3 nitrogen and oxygen atoms in total. The topological polar surface area (TPSA) is 43.4 Å². The molecule has 0 unspecified atom stereocenters. The van der Waals surface area contributed by atoms with E-state index in [2.05, 4.69) is 0 Å². The number of carbonyl (C=O) groups excluding carboxylic acids is 2. The van der Waals surface area contributed by atoms with E-state index >= 15 is 0 Å². The molecule has 0 fully saturated rings. The average molecular weight is 335 g/mol. The van der Waals surface area contributed by atoms with E-state index in [0.29, 0.717) is 17.7 Å². The van der Waals surface area contributed by atoms with Crippen LogP contribution in [0.5, 0.6) is 0 Å². The number of esters is 1. The van der Waals surface area contributed by atoms with Gasteiger partial charge in [0.25, 0.3) is 0 Å². The van der Waals surface area contributed by atoms with Crippen molar-refractivity contribution in [1.29, 1.82) is 0 Å². The average Bonchev–Trinajstić information content (AvgIpc) is 2.52. The summed E-state index contributed by atoms with van der Waals surface area (Å²) in [7, 11) is 0. The summed E-state index contributed by atoms with van der Waals surface area (Å²) in [6.45, 7) is 2.06. The van der Waals surface area contributed by atoms with Crippen LogP contribution in [-0.2, 0) is 22.4 Å². The van der Waals surface area contributed by atoms with Crippen LogP contribution in [0.3, 0.4) is 0 Å². The third kappa shape index (κ3) is 4.89. The molecular formula is C18H16ClFO3. The summed E-state index contributed by atoms with van der Waals surface area (Å²) in [4.78, 5) is 23.6. The number of halogens is 2. The van der Waals surface area contributed by atoms with Crippen LogP contribution < -0.4 is 0 Å². The highest BCUT2D eigenvalue weighted by atomic mass is 35.5. The fourth-order valence-electron chi connectivity index (χ4n) is 2.14. The number of hydrogen-bond acceptors (Lipinski definition) is 3. The largest absolute Gasteiger partial charge is 0.462 e. The van der Waals surface area contributed by atoms with Gasteiger partial charge in [0.1, 0.15) is 11.6 Å². The predicted molar refractivity (Wildman–Crippen MR) is 86.2 cm³/mol. The van der Waals surface area contributed by atoms with Gasteiger partial charge in [-0.1, -0.05) is 29.8 Å². The van der Waals surface area contributed by atoms with Crippen molar-refractivity contribution in [3.63, 3.8) is 0 Å². The summed E-state index contributed by atoms with van der Waals surface area (Å²) in [5.74, 6) is -0.902. The van der Waals surface area contributed by atoms with Gasteiger partial charge < -0.3 is 4.74 Å². The summed E-state index contributed by atoms with van der Waals surface area (Å²) >= 11 is 5.70. The Balaban J connectivity index is 1.97. The van der Waals surface area contributed by atoms with E-state index in [4.69, 9.17) is 16.3 Å². The van der Waals surface area contributed by atoms with Crippen molar-refractivity contribution >= 4 is 23.4 Å². The van der Waals surface area contributed by atoms with E-state index in [0.717, 1.165) is 5.56 Å². The van der Waals surface area contributed by atoms with Crippen LogP contribution in [0.15, 0.2) is 42.5 Å². The van der Waals surface area contributed by atoms with Crippen LogP contribution in [0.25, 0.3) is 0 Å². The molecule has 0 aliphatic rings. The van der Waals surface area contributed by atoms with Gasteiger partial charge >= 0.3 is 5.97 Å². The predicted octanol–water partition coefficient (Wildman–Crippen LogP) is 4.01. The van der Waals surface area contributed by atoms with E-state index in [1.165, 1.54) is 12.1 Å².